The van der Waals surface area contributed by atoms with Crippen LogP contribution in [0.15, 0.2) is 12.3 Å². The van der Waals surface area contributed by atoms with Gasteiger partial charge in [0, 0.05) is 39.4 Å². The lowest BCUT2D eigenvalue weighted by molar-refractivity contribution is -0.0148. The highest BCUT2D eigenvalue weighted by Crippen LogP contribution is 2.22. The van der Waals surface area contributed by atoms with Crippen molar-refractivity contribution in [1.29, 1.82) is 0 Å². The first kappa shape index (κ1) is 16.0. The maximum atomic E-state index is 12.2. The molecule has 1 aliphatic heterocycles. The first-order chi connectivity index (χ1) is 10.1. The fourth-order valence-corrected chi connectivity index (χ4v) is 2.40. The highest BCUT2D eigenvalue weighted by Gasteiger charge is 2.35. The van der Waals surface area contributed by atoms with Crippen LogP contribution in [-0.2, 0) is 9.47 Å². The van der Waals surface area contributed by atoms with E-state index in [1.54, 1.807) is 13.2 Å². The van der Waals surface area contributed by atoms with Crippen molar-refractivity contribution in [3.05, 3.63) is 22.8 Å². The van der Waals surface area contributed by atoms with E-state index in [0.717, 1.165) is 6.42 Å². The Morgan fingerprint density at radius 1 is 1.62 bits per heavy atom. The fourth-order valence-electron chi connectivity index (χ4n) is 2.16. The molecule has 1 aromatic heterocycles. The summed E-state index contributed by atoms with van der Waals surface area (Å²) in [5.74, 6) is 0.351. The smallest absolute Gasteiger partial charge is 0.253 e. The van der Waals surface area contributed by atoms with E-state index in [1.165, 1.54) is 6.20 Å². The minimum Gasteiger partial charge on any atom is -0.378 e. The van der Waals surface area contributed by atoms with E-state index in [0.29, 0.717) is 42.7 Å². The van der Waals surface area contributed by atoms with Crippen molar-refractivity contribution >= 4 is 23.3 Å². The Kier molecular flexibility index (Phi) is 5.39. The Morgan fingerprint density at radius 2 is 2.43 bits per heavy atom. The number of pyridine rings is 1. The van der Waals surface area contributed by atoms with Gasteiger partial charge in [0.05, 0.1) is 17.2 Å². The van der Waals surface area contributed by atoms with E-state index in [-0.39, 0.29) is 5.91 Å². The number of anilines is 1. The third kappa shape index (κ3) is 3.84. The van der Waals surface area contributed by atoms with Gasteiger partial charge < -0.3 is 20.1 Å². The monoisotopic (exact) mass is 313 g/mol. The summed E-state index contributed by atoms with van der Waals surface area (Å²) in [6, 6.07) is 1.60. The van der Waals surface area contributed by atoms with Crippen LogP contribution < -0.4 is 10.6 Å². The second-order valence-electron chi connectivity index (χ2n) is 4.96. The fraction of sp³-hybridized carbons (Fsp3) is 0.571. The predicted octanol–water partition coefficient (Wildman–Crippen LogP) is 1.70. The van der Waals surface area contributed by atoms with Gasteiger partial charge in [0.25, 0.3) is 5.91 Å². The average Bonchev–Trinajstić information content (AvgIpc) is 2.96. The van der Waals surface area contributed by atoms with Crippen LogP contribution >= 0.6 is 11.6 Å². The molecule has 1 aliphatic rings. The van der Waals surface area contributed by atoms with Crippen LogP contribution in [0, 0.1) is 0 Å². The maximum Gasteiger partial charge on any atom is 0.253 e. The van der Waals surface area contributed by atoms with Gasteiger partial charge in [-0.3, -0.25) is 4.79 Å². The number of nitrogens with one attached hydrogen (secondary N) is 2. The van der Waals surface area contributed by atoms with Crippen molar-refractivity contribution in [3.8, 4) is 0 Å². The van der Waals surface area contributed by atoms with Gasteiger partial charge >= 0.3 is 0 Å². The number of rotatable bonds is 6. The number of carbonyl (C=O) groups is 1. The Bertz CT molecular complexity index is 504. The van der Waals surface area contributed by atoms with Crippen molar-refractivity contribution in [2.45, 2.75) is 18.9 Å². The molecule has 1 atom stereocenters. The van der Waals surface area contributed by atoms with Crippen LogP contribution in [0.4, 0.5) is 5.82 Å². The number of hydrogen-bond acceptors (Lipinski definition) is 5. The zero-order valence-electron chi connectivity index (χ0n) is 12.2. The summed E-state index contributed by atoms with van der Waals surface area (Å²) in [5, 5.41) is 6.30. The van der Waals surface area contributed by atoms with Gasteiger partial charge in [0.15, 0.2) is 0 Å². The Labute approximate surface area is 129 Å². The summed E-state index contributed by atoms with van der Waals surface area (Å²) >= 11 is 6.08. The lowest BCUT2D eigenvalue weighted by Crippen LogP contribution is -2.45. The molecular weight excluding hydrogens is 294 g/mol. The number of methoxy groups -OCH3 is 1. The molecule has 7 heteroatoms. The molecule has 1 amide bonds. The minimum absolute atomic E-state index is 0.226. The van der Waals surface area contributed by atoms with Crippen LogP contribution in [0.5, 0.6) is 0 Å². The quantitative estimate of drug-likeness (QED) is 0.836. The van der Waals surface area contributed by atoms with Crippen molar-refractivity contribution < 1.29 is 14.3 Å². The molecule has 2 heterocycles. The Hall–Kier alpha value is -1.37. The highest BCUT2D eigenvalue weighted by molar-refractivity contribution is 6.33. The van der Waals surface area contributed by atoms with E-state index in [2.05, 4.69) is 15.6 Å². The molecule has 0 radical (unpaired) electrons. The third-order valence-electron chi connectivity index (χ3n) is 3.52. The van der Waals surface area contributed by atoms with Crippen molar-refractivity contribution in [3.63, 3.8) is 0 Å². The molecule has 1 aromatic rings. The molecule has 2 N–H and O–H groups in total. The van der Waals surface area contributed by atoms with E-state index in [9.17, 15) is 4.79 Å². The molecule has 21 heavy (non-hydrogen) atoms. The zero-order valence-corrected chi connectivity index (χ0v) is 13.0. The summed E-state index contributed by atoms with van der Waals surface area (Å²) < 4.78 is 10.8. The van der Waals surface area contributed by atoms with Gasteiger partial charge in [-0.25, -0.2) is 4.98 Å². The summed E-state index contributed by atoms with van der Waals surface area (Å²) in [6.07, 6.45) is 2.27. The molecule has 1 saturated heterocycles. The molecule has 0 aromatic carbocycles. The predicted molar refractivity (Wildman–Crippen MR) is 80.9 cm³/mol. The summed E-state index contributed by atoms with van der Waals surface area (Å²) in [5.41, 5.74) is -0.0110. The Morgan fingerprint density at radius 3 is 3.00 bits per heavy atom. The van der Waals surface area contributed by atoms with Crippen LogP contribution in [0.25, 0.3) is 0 Å². The third-order valence-corrected chi connectivity index (χ3v) is 3.81. The van der Waals surface area contributed by atoms with Crippen molar-refractivity contribution in [2.24, 2.45) is 0 Å². The lowest BCUT2D eigenvalue weighted by atomic mass is 10.0. The van der Waals surface area contributed by atoms with E-state index < -0.39 is 5.60 Å². The lowest BCUT2D eigenvalue weighted by Gasteiger charge is -2.25. The van der Waals surface area contributed by atoms with Crippen LogP contribution in [0.2, 0.25) is 5.02 Å². The second-order valence-corrected chi connectivity index (χ2v) is 5.36. The molecule has 0 bridgehead atoms. The number of halogens is 1. The normalized spacial score (nSPS) is 21.3. The first-order valence-electron chi connectivity index (χ1n) is 6.91. The topological polar surface area (TPSA) is 72.5 Å². The van der Waals surface area contributed by atoms with Crippen molar-refractivity contribution in [2.75, 3.05) is 38.7 Å². The molecule has 1 unspecified atom stereocenters. The second kappa shape index (κ2) is 7.06. The highest BCUT2D eigenvalue weighted by atomic mass is 35.5. The number of aromatic nitrogens is 1. The summed E-state index contributed by atoms with van der Waals surface area (Å²) in [6.45, 7) is 4.20. The minimum atomic E-state index is -0.434. The van der Waals surface area contributed by atoms with Gasteiger partial charge in [-0.1, -0.05) is 11.6 Å². The SMILES string of the molecule is CCNc1ncc(C(=O)NCC2(OC)CCOC2)cc1Cl. The molecular formula is C14H20ClN3O3. The Balaban J connectivity index is 1.98. The molecule has 2 rings (SSSR count). The average molecular weight is 314 g/mol. The van der Waals surface area contributed by atoms with E-state index >= 15 is 0 Å². The van der Waals surface area contributed by atoms with Gasteiger partial charge in [-0.05, 0) is 13.0 Å². The van der Waals surface area contributed by atoms with Crippen LogP contribution in [0.3, 0.4) is 0 Å². The van der Waals surface area contributed by atoms with Gasteiger partial charge in [-0.15, -0.1) is 0 Å². The number of nitrogens with zero attached hydrogens (tertiary/aromatic N) is 1. The summed E-state index contributed by atoms with van der Waals surface area (Å²) in [7, 11) is 1.63. The molecule has 0 spiro atoms. The largest absolute Gasteiger partial charge is 0.378 e. The number of hydrogen-bond donors (Lipinski definition) is 2. The molecule has 116 valence electrons. The maximum absolute atomic E-state index is 12.2. The van der Waals surface area contributed by atoms with Gasteiger partial charge in [0.1, 0.15) is 11.4 Å². The van der Waals surface area contributed by atoms with Crippen molar-refractivity contribution in [1.82, 2.24) is 10.3 Å². The number of carbonyl (C=O) groups excluding carboxylic acids is 1. The number of ether oxygens (including phenoxy) is 2. The van der Waals surface area contributed by atoms with Gasteiger partial charge in [-0.2, -0.15) is 0 Å². The van der Waals surface area contributed by atoms with E-state index in [4.69, 9.17) is 21.1 Å². The first-order valence-corrected chi connectivity index (χ1v) is 7.28. The van der Waals surface area contributed by atoms with Crippen LogP contribution in [-0.4, -0.2) is 49.9 Å². The van der Waals surface area contributed by atoms with E-state index in [1.807, 2.05) is 6.92 Å². The summed E-state index contributed by atoms with van der Waals surface area (Å²) in [4.78, 5) is 16.3. The zero-order chi connectivity index (χ0) is 15.3. The molecule has 6 nitrogen and oxygen atoms in total. The van der Waals surface area contributed by atoms with Gasteiger partial charge in [0.2, 0.25) is 0 Å². The standard InChI is InChI=1S/C14H20ClN3O3/c1-3-16-12-11(15)6-10(7-17-12)13(19)18-8-14(20-2)4-5-21-9-14/h6-7H,3-5,8-9H2,1-2H3,(H,16,17)(H,18,19). The molecule has 0 aliphatic carbocycles. The molecule has 0 saturated carbocycles. The van der Waals surface area contributed by atoms with Crippen LogP contribution in [0.1, 0.15) is 23.7 Å². The molecule has 1 fully saturated rings. The number of amides is 1.